The fraction of sp³-hybridized carbons (Fsp3) is 0.107. The van der Waals surface area contributed by atoms with E-state index in [2.05, 4.69) is 5.16 Å². The van der Waals surface area contributed by atoms with Crippen LogP contribution in [-0.4, -0.2) is 26.6 Å². The molecule has 37 heavy (non-hydrogen) atoms. The van der Waals surface area contributed by atoms with E-state index < -0.39 is 17.3 Å². The molecule has 0 bridgehead atoms. The van der Waals surface area contributed by atoms with Gasteiger partial charge >= 0.3 is 5.97 Å². The summed E-state index contributed by atoms with van der Waals surface area (Å²) in [4.78, 5) is 22.9. The molecule has 0 aliphatic rings. The van der Waals surface area contributed by atoms with Crippen LogP contribution in [0.5, 0.6) is 0 Å². The lowest BCUT2D eigenvalue weighted by Gasteiger charge is -2.21. The smallest absolute Gasteiger partial charge is 0.338 e. The van der Waals surface area contributed by atoms with Crippen LogP contribution in [0.2, 0.25) is 10.0 Å². The van der Waals surface area contributed by atoms with E-state index in [1.165, 1.54) is 22.8 Å². The first-order valence-corrected chi connectivity index (χ1v) is 11.9. The van der Waals surface area contributed by atoms with Crippen LogP contribution in [0, 0.1) is 5.82 Å². The van der Waals surface area contributed by atoms with Gasteiger partial charge in [-0.3, -0.25) is 4.79 Å². The third-order valence-corrected chi connectivity index (χ3v) is 6.68. The predicted octanol–water partition coefficient (Wildman–Crippen LogP) is 6.60. The van der Waals surface area contributed by atoms with E-state index in [1.54, 1.807) is 55.7 Å². The Labute approximate surface area is 221 Å². The Morgan fingerprint density at radius 1 is 1.00 bits per heavy atom. The van der Waals surface area contributed by atoms with Gasteiger partial charge in [0.25, 0.3) is 0 Å². The molecule has 3 aromatic carbocycles. The molecule has 0 spiro atoms. The molecule has 0 radical (unpaired) electrons. The van der Waals surface area contributed by atoms with Gasteiger partial charge in [-0.2, -0.15) is 0 Å². The summed E-state index contributed by atoms with van der Waals surface area (Å²) in [6.45, 7) is 0. The zero-order valence-corrected chi connectivity index (χ0v) is 21.0. The number of rotatable bonds is 7. The number of nitrogens with zero attached hydrogens (tertiary/aromatic N) is 2. The summed E-state index contributed by atoms with van der Waals surface area (Å²) in [5, 5.41) is 23.3. The molecule has 9 heteroatoms. The summed E-state index contributed by atoms with van der Waals surface area (Å²) in [5.41, 5.74) is 3.14. The standard InChI is InChI=1S/C28H21Cl2FN2O4/c1-33-15-19(7-11-27(33)34)26(32-37)14-23(21-10-8-20(29)13-24(21)30)17-4-2-16(3-5-17)18-6-9-22(28(35)36)25(31)12-18/h2-13,15,23,37H,14H2,1H3,(H,35,36)/b32-26+. The van der Waals surface area contributed by atoms with E-state index in [1.807, 2.05) is 12.1 Å². The Balaban J connectivity index is 1.74. The maximum Gasteiger partial charge on any atom is 0.338 e. The molecule has 1 heterocycles. The number of carbonyl (C=O) groups is 1. The summed E-state index contributed by atoms with van der Waals surface area (Å²) in [6.07, 6.45) is 1.84. The average molecular weight is 539 g/mol. The number of benzene rings is 3. The molecule has 1 atom stereocenters. The normalized spacial score (nSPS) is 12.4. The molecule has 188 valence electrons. The number of aryl methyl sites for hydroxylation is 1. The highest BCUT2D eigenvalue weighted by atomic mass is 35.5. The van der Waals surface area contributed by atoms with Gasteiger partial charge in [-0.15, -0.1) is 0 Å². The Morgan fingerprint density at radius 2 is 1.70 bits per heavy atom. The topological polar surface area (TPSA) is 91.9 Å². The van der Waals surface area contributed by atoms with E-state index in [9.17, 15) is 19.2 Å². The van der Waals surface area contributed by atoms with Gasteiger partial charge < -0.3 is 14.9 Å². The number of hydrogen-bond donors (Lipinski definition) is 2. The first-order valence-electron chi connectivity index (χ1n) is 11.1. The van der Waals surface area contributed by atoms with Crippen molar-refractivity contribution in [1.29, 1.82) is 0 Å². The van der Waals surface area contributed by atoms with Gasteiger partial charge in [-0.25, -0.2) is 9.18 Å². The first kappa shape index (κ1) is 26.1. The number of carboxylic acids is 1. The number of aromatic carboxylic acids is 1. The van der Waals surface area contributed by atoms with Crippen molar-refractivity contribution in [2.24, 2.45) is 12.2 Å². The number of oxime groups is 1. The molecule has 0 aliphatic heterocycles. The summed E-state index contributed by atoms with van der Waals surface area (Å²) in [6, 6.07) is 19.4. The zero-order valence-electron chi connectivity index (χ0n) is 19.5. The third-order valence-electron chi connectivity index (χ3n) is 6.12. The van der Waals surface area contributed by atoms with E-state index in [0.29, 0.717) is 32.4 Å². The van der Waals surface area contributed by atoms with Crippen molar-refractivity contribution in [2.75, 3.05) is 0 Å². The first-order chi connectivity index (χ1) is 17.7. The molecule has 0 amide bonds. The van der Waals surface area contributed by atoms with Crippen molar-refractivity contribution in [3.8, 4) is 11.1 Å². The number of hydrogen-bond acceptors (Lipinski definition) is 4. The van der Waals surface area contributed by atoms with Crippen LogP contribution in [0.4, 0.5) is 4.39 Å². The van der Waals surface area contributed by atoms with Crippen molar-refractivity contribution in [1.82, 2.24) is 4.57 Å². The maximum atomic E-state index is 14.2. The Hall–Kier alpha value is -3.94. The van der Waals surface area contributed by atoms with E-state index in [4.69, 9.17) is 28.3 Å². The molecule has 6 nitrogen and oxygen atoms in total. The van der Waals surface area contributed by atoms with Crippen molar-refractivity contribution in [2.45, 2.75) is 12.3 Å². The van der Waals surface area contributed by atoms with Crippen molar-refractivity contribution in [3.05, 3.63) is 127 Å². The summed E-state index contributed by atoms with van der Waals surface area (Å²) in [5.74, 6) is -2.50. The van der Waals surface area contributed by atoms with Crippen LogP contribution in [0.3, 0.4) is 0 Å². The van der Waals surface area contributed by atoms with Crippen LogP contribution in [0.15, 0.2) is 88.9 Å². The molecular weight excluding hydrogens is 518 g/mol. The van der Waals surface area contributed by atoms with Gasteiger partial charge in [0.2, 0.25) is 5.56 Å². The quantitative estimate of drug-likeness (QED) is 0.157. The highest BCUT2D eigenvalue weighted by Crippen LogP contribution is 2.36. The fourth-order valence-electron chi connectivity index (χ4n) is 4.14. The van der Waals surface area contributed by atoms with Crippen LogP contribution in [-0.2, 0) is 7.05 Å². The fourth-order valence-corrected chi connectivity index (χ4v) is 4.68. The molecule has 1 unspecified atom stereocenters. The van der Waals surface area contributed by atoms with Gasteiger partial charge in [0.1, 0.15) is 5.82 Å². The lowest BCUT2D eigenvalue weighted by Crippen LogP contribution is -2.18. The second kappa shape index (κ2) is 11.0. The minimum Gasteiger partial charge on any atom is -0.478 e. The SMILES string of the molecule is Cn1cc(/C(CC(c2ccc(-c3ccc(C(=O)O)c(F)c3)cc2)c2ccc(Cl)cc2Cl)=N/O)ccc1=O. The highest BCUT2D eigenvalue weighted by molar-refractivity contribution is 6.35. The molecule has 0 saturated heterocycles. The van der Waals surface area contributed by atoms with Gasteiger partial charge in [0, 0.05) is 47.3 Å². The third kappa shape index (κ3) is 5.74. The lowest BCUT2D eigenvalue weighted by molar-refractivity contribution is 0.0692. The summed E-state index contributed by atoms with van der Waals surface area (Å²) in [7, 11) is 1.61. The average Bonchev–Trinajstić information content (AvgIpc) is 2.87. The molecule has 0 fully saturated rings. The minimum atomic E-state index is -1.33. The molecule has 4 rings (SSSR count). The Bertz CT molecular complexity index is 1570. The zero-order chi connectivity index (χ0) is 26.7. The van der Waals surface area contributed by atoms with E-state index in [0.717, 1.165) is 11.1 Å². The van der Waals surface area contributed by atoms with E-state index >= 15 is 0 Å². The van der Waals surface area contributed by atoms with Crippen molar-refractivity contribution < 1.29 is 19.5 Å². The molecule has 2 N–H and O–H groups in total. The number of aromatic nitrogens is 1. The maximum absolute atomic E-state index is 14.2. The lowest BCUT2D eigenvalue weighted by atomic mass is 9.85. The van der Waals surface area contributed by atoms with Gasteiger partial charge in [-0.1, -0.05) is 64.8 Å². The Morgan fingerprint density at radius 3 is 2.30 bits per heavy atom. The van der Waals surface area contributed by atoms with Gasteiger partial charge in [-0.05, 0) is 52.6 Å². The number of pyridine rings is 1. The second-order valence-electron chi connectivity index (χ2n) is 8.46. The molecule has 0 aliphatic carbocycles. The molecule has 1 aromatic heterocycles. The highest BCUT2D eigenvalue weighted by Gasteiger charge is 2.22. The predicted molar refractivity (Wildman–Crippen MR) is 142 cm³/mol. The van der Waals surface area contributed by atoms with E-state index in [-0.39, 0.29) is 17.9 Å². The monoisotopic (exact) mass is 538 g/mol. The van der Waals surface area contributed by atoms with Crippen LogP contribution >= 0.6 is 23.2 Å². The molecular formula is C28H21Cl2FN2O4. The summed E-state index contributed by atoms with van der Waals surface area (Å²) < 4.78 is 15.6. The number of halogens is 3. The minimum absolute atomic E-state index is 0.193. The van der Waals surface area contributed by atoms with Crippen LogP contribution < -0.4 is 5.56 Å². The van der Waals surface area contributed by atoms with Crippen LogP contribution in [0.25, 0.3) is 11.1 Å². The van der Waals surface area contributed by atoms with Crippen LogP contribution in [0.1, 0.15) is 39.4 Å². The van der Waals surface area contributed by atoms with Crippen molar-refractivity contribution in [3.63, 3.8) is 0 Å². The molecule has 4 aromatic rings. The summed E-state index contributed by atoms with van der Waals surface area (Å²) >= 11 is 12.7. The number of carboxylic acid groups (broad SMARTS) is 1. The van der Waals surface area contributed by atoms with Crippen molar-refractivity contribution >= 4 is 34.9 Å². The largest absolute Gasteiger partial charge is 0.478 e. The van der Waals surface area contributed by atoms with Gasteiger partial charge in [0.15, 0.2) is 0 Å². The molecule has 0 saturated carbocycles. The second-order valence-corrected chi connectivity index (χ2v) is 9.30. The van der Waals surface area contributed by atoms with Gasteiger partial charge in [0.05, 0.1) is 11.3 Å². The Kier molecular flexibility index (Phi) is 7.76.